The predicted molar refractivity (Wildman–Crippen MR) is 56.0 cm³/mol. The van der Waals surface area contributed by atoms with Gasteiger partial charge in [0, 0.05) is 12.4 Å². The van der Waals surface area contributed by atoms with Crippen LogP contribution in [0.1, 0.15) is 20.8 Å². The highest BCUT2D eigenvalue weighted by Crippen LogP contribution is 2.21. The van der Waals surface area contributed by atoms with Gasteiger partial charge in [-0.15, -0.1) is 0 Å². The number of nitrogens with zero attached hydrogens (tertiary/aromatic N) is 2. The van der Waals surface area contributed by atoms with Crippen LogP contribution in [-0.2, 0) is 0 Å². The number of aromatic nitrogens is 2. The van der Waals surface area contributed by atoms with Crippen LogP contribution in [0.3, 0.4) is 0 Å². The maximum absolute atomic E-state index is 9.20. The van der Waals surface area contributed by atoms with Gasteiger partial charge in [0.25, 0.3) is 0 Å². The van der Waals surface area contributed by atoms with Crippen molar-refractivity contribution in [3.05, 3.63) is 18.5 Å². The Bertz CT molecular complexity index is 268. The zero-order valence-corrected chi connectivity index (χ0v) is 8.86. The fourth-order valence-electron chi connectivity index (χ4n) is 1.07. The van der Waals surface area contributed by atoms with Crippen LogP contribution in [-0.4, -0.2) is 27.7 Å². The first kappa shape index (κ1) is 10.9. The molecule has 1 heterocycles. The SMILES string of the molecule is CC(C)(C)[C@@H](CO)Nc1ncccn1. The third-order valence-corrected chi connectivity index (χ3v) is 2.10. The Labute approximate surface area is 84.4 Å². The highest BCUT2D eigenvalue weighted by atomic mass is 16.3. The molecule has 0 aliphatic carbocycles. The van der Waals surface area contributed by atoms with Gasteiger partial charge in [-0.05, 0) is 11.5 Å². The molecule has 0 unspecified atom stereocenters. The largest absolute Gasteiger partial charge is 0.394 e. The fourth-order valence-corrected chi connectivity index (χ4v) is 1.07. The fraction of sp³-hybridized carbons (Fsp3) is 0.600. The van der Waals surface area contributed by atoms with E-state index in [0.717, 1.165) is 0 Å². The summed E-state index contributed by atoms with van der Waals surface area (Å²) in [5.74, 6) is 0.557. The second-order valence-corrected chi connectivity index (χ2v) is 4.32. The van der Waals surface area contributed by atoms with Crippen LogP contribution in [0.25, 0.3) is 0 Å². The molecule has 0 aliphatic heterocycles. The molecule has 1 aromatic heterocycles. The summed E-state index contributed by atoms with van der Waals surface area (Å²) in [5.41, 5.74) is -0.0199. The lowest BCUT2D eigenvalue weighted by molar-refractivity contribution is 0.201. The standard InChI is InChI=1S/C10H17N3O/c1-10(2,3)8(7-14)13-9-11-5-4-6-12-9/h4-6,8,14H,7H2,1-3H3,(H,11,12,13)/t8-/m1/s1. The zero-order valence-electron chi connectivity index (χ0n) is 8.86. The summed E-state index contributed by atoms with van der Waals surface area (Å²) < 4.78 is 0. The third-order valence-electron chi connectivity index (χ3n) is 2.10. The summed E-state index contributed by atoms with van der Waals surface area (Å²) in [4.78, 5) is 8.09. The van der Waals surface area contributed by atoms with Gasteiger partial charge in [-0.25, -0.2) is 9.97 Å². The molecule has 0 amide bonds. The Kier molecular flexibility index (Phi) is 3.41. The number of anilines is 1. The minimum absolute atomic E-state index is 0.0199. The second kappa shape index (κ2) is 4.37. The minimum atomic E-state index is -0.0371. The lowest BCUT2D eigenvalue weighted by Gasteiger charge is -2.29. The van der Waals surface area contributed by atoms with Gasteiger partial charge >= 0.3 is 0 Å². The number of hydrogen-bond acceptors (Lipinski definition) is 4. The molecule has 4 nitrogen and oxygen atoms in total. The van der Waals surface area contributed by atoms with Crippen LogP contribution in [0.5, 0.6) is 0 Å². The predicted octanol–water partition coefficient (Wildman–Crippen LogP) is 1.30. The van der Waals surface area contributed by atoms with Gasteiger partial charge in [0.15, 0.2) is 0 Å². The molecule has 0 radical (unpaired) electrons. The van der Waals surface area contributed by atoms with Gasteiger partial charge in [0.2, 0.25) is 5.95 Å². The first-order chi connectivity index (χ1) is 6.54. The van der Waals surface area contributed by atoms with E-state index in [0.29, 0.717) is 5.95 Å². The number of aliphatic hydroxyl groups excluding tert-OH is 1. The number of hydrogen-bond donors (Lipinski definition) is 2. The van der Waals surface area contributed by atoms with Gasteiger partial charge in [0.05, 0.1) is 12.6 Å². The van der Waals surface area contributed by atoms with E-state index in [1.165, 1.54) is 0 Å². The highest BCUT2D eigenvalue weighted by Gasteiger charge is 2.24. The molecule has 0 bridgehead atoms. The molecule has 1 aromatic rings. The molecule has 0 aliphatic rings. The van der Waals surface area contributed by atoms with Crippen LogP contribution >= 0.6 is 0 Å². The zero-order chi connectivity index (χ0) is 10.6. The molecular weight excluding hydrogens is 178 g/mol. The highest BCUT2D eigenvalue weighted by molar-refractivity contribution is 5.25. The lowest BCUT2D eigenvalue weighted by atomic mass is 9.87. The minimum Gasteiger partial charge on any atom is -0.394 e. The Balaban J connectivity index is 2.67. The van der Waals surface area contributed by atoms with Crippen molar-refractivity contribution in [1.82, 2.24) is 9.97 Å². The summed E-state index contributed by atoms with van der Waals surface area (Å²) in [6.45, 7) is 6.25. The van der Waals surface area contributed by atoms with Crippen LogP contribution in [0, 0.1) is 5.41 Å². The lowest BCUT2D eigenvalue weighted by Crippen LogP contribution is -2.37. The normalized spacial score (nSPS) is 13.7. The van der Waals surface area contributed by atoms with Crippen molar-refractivity contribution in [3.8, 4) is 0 Å². The van der Waals surface area contributed by atoms with Gasteiger partial charge < -0.3 is 10.4 Å². The van der Waals surface area contributed by atoms with Crippen molar-refractivity contribution >= 4 is 5.95 Å². The molecule has 1 rings (SSSR count). The van der Waals surface area contributed by atoms with Crippen LogP contribution < -0.4 is 5.32 Å². The number of rotatable bonds is 3. The van der Waals surface area contributed by atoms with E-state index >= 15 is 0 Å². The molecule has 2 N–H and O–H groups in total. The van der Waals surface area contributed by atoms with E-state index in [4.69, 9.17) is 0 Å². The summed E-state index contributed by atoms with van der Waals surface area (Å²) in [6, 6.07) is 1.72. The Hall–Kier alpha value is -1.16. The molecule has 0 fully saturated rings. The quantitative estimate of drug-likeness (QED) is 0.763. The van der Waals surface area contributed by atoms with Crippen molar-refractivity contribution in [2.24, 2.45) is 5.41 Å². The summed E-state index contributed by atoms with van der Waals surface area (Å²) in [6.07, 6.45) is 3.35. The first-order valence-electron chi connectivity index (χ1n) is 4.68. The average Bonchev–Trinajstić information content (AvgIpc) is 2.14. The number of nitrogens with one attached hydrogen (secondary N) is 1. The molecule has 0 aromatic carbocycles. The van der Waals surface area contributed by atoms with Gasteiger partial charge in [-0.3, -0.25) is 0 Å². The Morgan fingerprint density at radius 2 is 1.93 bits per heavy atom. The van der Waals surface area contributed by atoms with Crippen molar-refractivity contribution < 1.29 is 5.11 Å². The number of aliphatic hydroxyl groups is 1. The maximum atomic E-state index is 9.20. The molecule has 0 spiro atoms. The van der Waals surface area contributed by atoms with E-state index < -0.39 is 0 Å². The average molecular weight is 195 g/mol. The van der Waals surface area contributed by atoms with E-state index in [2.05, 4.69) is 36.1 Å². The molecule has 4 heteroatoms. The van der Waals surface area contributed by atoms with E-state index in [9.17, 15) is 5.11 Å². The van der Waals surface area contributed by atoms with Crippen molar-refractivity contribution in [1.29, 1.82) is 0 Å². The van der Waals surface area contributed by atoms with E-state index in [-0.39, 0.29) is 18.1 Å². The van der Waals surface area contributed by atoms with Crippen molar-refractivity contribution in [3.63, 3.8) is 0 Å². The molecular formula is C10H17N3O. The summed E-state index contributed by atoms with van der Waals surface area (Å²) >= 11 is 0. The maximum Gasteiger partial charge on any atom is 0.222 e. The van der Waals surface area contributed by atoms with Crippen LogP contribution in [0.2, 0.25) is 0 Å². The monoisotopic (exact) mass is 195 g/mol. The van der Waals surface area contributed by atoms with E-state index in [1.54, 1.807) is 18.5 Å². The van der Waals surface area contributed by atoms with Crippen molar-refractivity contribution in [2.75, 3.05) is 11.9 Å². The van der Waals surface area contributed by atoms with Gasteiger partial charge in [0.1, 0.15) is 0 Å². The Morgan fingerprint density at radius 3 is 2.36 bits per heavy atom. The molecule has 14 heavy (non-hydrogen) atoms. The van der Waals surface area contributed by atoms with Crippen molar-refractivity contribution in [2.45, 2.75) is 26.8 Å². The van der Waals surface area contributed by atoms with Crippen LogP contribution in [0.15, 0.2) is 18.5 Å². The molecule has 78 valence electrons. The molecule has 0 saturated carbocycles. The molecule has 0 saturated heterocycles. The summed E-state index contributed by atoms with van der Waals surface area (Å²) in [7, 11) is 0. The van der Waals surface area contributed by atoms with E-state index in [1.807, 2.05) is 0 Å². The van der Waals surface area contributed by atoms with Crippen LogP contribution in [0.4, 0.5) is 5.95 Å². The Morgan fingerprint density at radius 1 is 1.36 bits per heavy atom. The molecule has 1 atom stereocenters. The first-order valence-corrected chi connectivity index (χ1v) is 4.68. The summed E-state index contributed by atoms with van der Waals surface area (Å²) in [5, 5.41) is 12.3. The van der Waals surface area contributed by atoms with Gasteiger partial charge in [-0.2, -0.15) is 0 Å². The smallest absolute Gasteiger partial charge is 0.222 e. The van der Waals surface area contributed by atoms with Gasteiger partial charge in [-0.1, -0.05) is 20.8 Å². The third kappa shape index (κ3) is 2.96. The topological polar surface area (TPSA) is 58.0 Å². The second-order valence-electron chi connectivity index (χ2n) is 4.32.